The molecule has 0 saturated carbocycles. The summed E-state index contributed by atoms with van der Waals surface area (Å²) in [5, 5.41) is 2.63. The number of alkyl halides is 3. The Morgan fingerprint density at radius 1 is 1.18 bits per heavy atom. The van der Waals surface area contributed by atoms with E-state index >= 15 is 0 Å². The Bertz CT molecular complexity index is 1420. The number of amidine groups is 1. The van der Waals surface area contributed by atoms with Crippen molar-refractivity contribution in [1.82, 2.24) is 9.62 Å². The lowest BCUT2D eigenvalue weighted by Crippen LogP contribution is -2.50. The van der Waals surface area contributed by atoms with Crippen LogP contribution in [0, 0.1) is 6.92 Å². The SMILES string of the molecule is CC(=O)N(C)c1ccc(CCS(=O)(=O)N2CCC3(CC2)N=C(c2cccc(OC(F)(F)F)c2)NC3=O)c(C)c1. The molecular formula is C26H29F3N4O5S. The van der Waals surface area contributed by atoms with Crippen LogP contribution in [-0.2, 0) is 26.0 Å². The molecule has 2 aromatic rings. The predicted octanol–water partition coefficient (Wildman–Crippen LogP) is 3.16. The number of rotatable bonds is 7. The van der Waals surface area contributed by atoms with Gasteiger partial charge >= 0.3 is 6.36 Å². The number of amides is 2. The van der Waals surface area contributed by atoms with E-state index in [1.54, 1.807) is 13.1 Å². The molecular weight excluding hydrogens is 537 g/mol. The lowest BCUT2D eigenvalue weighted by atomic mass is 9.89. The summed E-state index contributed by atoms with van der Waals surface area (Å²) in [5.74, 6) is -0.949. The topological polar surface area (TPSA) is 108 Å². The van der Waals surface area contributed by atoms with Crippen LogP contribution in [0.25, 0.3) is 0 Å². The molecule has 1 spiro atoms. The van der Waals surface area contributed by atoms with E-state index < -0.39 is 33.6 Å². The average Bonchev–Trinajstić information content (AvgIpc) is 3.17. The van der Waals surface area contributed by atoms with E-state index in [0.717, 1.165) is 28.9 Å². The Kier molecular flexibility index (Phi) is 7.77. The zero-order valence-electron chi connectivity index (χ0n) is 21.7. The van der Waals surface area contributed by atoms with Gasteiger partial charge in [-0.15, -0.1) is 13.2 Å². The fraction of sp³-hybridized carbons (Fsp3) is 0.423. The molecule has 1 fully saturated rings. The number of hydrogen-bond acceptors (Lipinski definition) is 6. The quantitative estimate of drug-likeness (QED) is 0.554. The normalized spacial score (nSPS) is 17.6. The first kappa shape index (κ1) is 28.6. The predicted molar refractivity (Wildman–Crippen MR) is 139 cm³/mol. The van der Waals surface area contributed by atoms with Crippen LogP contribution >= 0.6 is 0 Å². The fourth-order valence-corrected chi connectivity index (χ4v) is 6.16. The van der Waals surface area contributed by atoms with Crippen molar-refractivity contribution in [3.05, 3.63) is 59.2 Å². The Morgan fingerprint density at radius 3 is 2.49 bits per heavy atom. The first-order chi connectivity index (χ1) is 18.2. The van der Waals surface area contributed by atoms with Crippen molar-refractivity contribution in [1.29, 1.82) is 0 Å². The van der Waals surface area contributed by atoms with Gasteiger partial charge in [0.05, 0.1) is 5.75 Å². The van der Waals surface area contributed by atoms with E-state index in [1.807, 2.05) is 19.1 Å². The summed E-state index contributed by atoms with van der Waals surface area (Å²) in [4.78, 5) is 30.4. The summed E-state index contributed by atoms with van der Waals surface area (Å²) < 4.78 is 69.2. The molecule has 0 bridgehead atoms. The van der Waals surface area contributed by atoms with Crippen molar-refractivity contribution in [2.24, 2.45) is 4.99 Å². The van der Waals surface area contributed by atoms with Gasteiger partial charge in [0, 0.05) is 38.3 Å². The van der Waals surface area contributed by atoms with Crippen LogP contribution < -0.4 is 15.0 Å². The maximum absolute atomic E-state index is 13.1. The maximum atomic E-state index is 13.1. The maximum Gasteiger partial charge on any atom is 0.573 e. The number of halogens is 3. The summed E-state index contributed by atoms with van der Waals surface area (Å²) in [5.41, 5.74) is 1.53. The van der Waals surface area contributed by atoms with Gasteiger partial charge in [-0.1, -0.05) is 18.2 Å². The van der Waals surface area contributed by atoms with Crippen molar-refractivity contribution < 1.29 is 35.9 Å². The molecule has 39 heavy (non-hydrogen) atoms. The highest BCUT2D eigenvalue weighted by Crippen LogP contribution is 2.33. The second-order valence-corrected chi connectivity index (χ2v) is 11.8. The molecule has 9 nitrogen and oxygen atoms in total. The van der Waals surface area contributed by atoms with E-state index in [1.165, 1.54) is 28.3 Å². The number of sulfonamides is 1. The number of anilines is 1. The highest BCUT2D eigenvalue weighted by molar-refractivity contribution is 7.89. The van der Waals surface area contributed by atoms with Gasteiger partial charge in [-0.05, 0) is 61.6 Å². The summed E-state index contributed by atoms with van der Waals surface area (Å²) in [6.07, 6.45) is -4.27. The standard InChI is InChI=1S/C26H29F3N4O5S/c1-17-15-21(32(3)18(2)34)8-7-19(17)9-14-39(36,37)33-12-10-25(11-13-33)24(35)30-23(31-25)20-5-4-6-22(16-20)38-26(27,28)29/h4-8,15-16H,9-14H2,1-3H3,(H,30,31,35). The number of carbonyl (C=O) groups excluding carboxylic acids is 2. The largest absolute Gasteiger partial charge is 0.573 e. The third-order valence-electron chi connectivity index (χ3n) is 7.08. The fourth-order valence-electron chi connectivity index (χ4n) is 4.69. The van der Waals surface area contributed by atoms with Gasteiger partial charge in [0.25, 0.3) is 5.91 Å². The number of piperidine rings is 1. The highest BCUT2D eigenvalue weighted by Gasteiger charge is 2.47. The van der Waals surface area contributed by atoms with Gasteiger partial charge in [-0.3, -0.25) is 14.6 Å². The van der Waals surface area contributed by atoms with Crippen molar-refractivity contribution in [3.63, 3.8) is 0 Å². The summed E-state index contributed by atoms with van der Waals surface area (Å²) in [7, 11) is -1.96. The van der Waals surface area contributed by atoms with E-state index in [9.17, 15) is 31.2 Å². The molecule has 0 unspecified atom stereocenters. The molecule has 2 amide bonds. The van der Waals surface area contributed by atoms with E-state index in [2.05, 4.69) is 15.0 Å². The van der Waals surface area contributed by atoms with E-state index in [-0.39, 0.29) is 49.0 Å². The van der Waals surface area contributed by atoms with Crippen LogP contribution in [0.1, 0.15) is 36.5 Å². The number of nitrogens with one attached hydrogen (secondary N) is 1. The molecule has 2 heterocycles. The number of carbonyl (C=O) groups is 2. The lowest BCUT2D eigenvalue weighted by molar-refractivity contribution is -0.274. The number of benzene rings is 2. The summed E-state index contributed by atoms with van der Waals surface area (Å²) >= 11 is 0. The van der Waals surface area contributed by atoms with Crippen molar-refractivity contribution in [3.8, 4) is 5.75 Å². The van der Waals surface area contributed by atoms with Crippen LogP contribution in [0.5, 0.6) is 5.75 Å². The Balaban J connectivity index is 1.40. The molecule has 1 saturated heterocycles. The van der Waals surface area contributed by atoms with Gasteiger partial charge in [0.15, 0.2) is 0 Å². The molecule has 210 valence electrons. The monoisotopic (exact) mass is 566 g/mol. The van der Waals surface area contributed by atoms with Crippen LogP contribution in [0.4, 0.5) is 18.9 Å². The number of ether oxygens (including phenoxy) is 1. The first-order valence-electron chi connectivity index (χ1n) is 12.3. The van der Waals surface area contributed by atoms with Gasteiger partial charge in [0.2, 0.25) is 15.9 Å². The zero-order chi connectivity index (χ0) is 28.6. The lowest BCUT2D eigenvalue weighted by Gasteiger charge is -2.34. The number of hydrogen-bond donors (Lipinski definition) is 1. The van der Waals surface area contributed by atoms with Crippen molar-refractivity contribution in [2.75, 3.05) is 30.8 Å². The molecule has 0 aliphatic carbocycles. The van der Waals surface area contributed by atoms with E-state index in [4.69, 9.17) is 0 Å². The molecule has 13 heteroatoms. The molecule has 1 N–H and O–H groups in total. The Labute approximate surface area is 224 Å². The van der Waals surface area contributed by atoms with Crippen LogP contribution in [0.2, 0.25) is 0 Å². The minimum Gasteiger partial charge on any atom is -0.406 e. The van der Waals surface area contributed by atoms with Gasteiger partial charge in [0.1, 0.15) is 17.1 Å². The Morgan fingerprint density at radius 2 is 1.87 bits per heavy atom. The minimum absolute atomic E-state index is 0.0884. The first-order valence-corrected chi connectivity index (χ1v) is 13.9. The third-order valence-corrected chi connectivity index (χ3v) is 8.95. The van der Waals surface area contributed by atoms with Crippen LogP contribution in [0.3, 0.4) is 0 Å². The molecule has 2 aliphatic rings. The molecule has 4 rings (SSSR count). The average molecular weight is 567 g/mol. The second kappa shape index (κ2) is 10.6. The van der Waals surface area contributed by atoms with Crippen LogP contribution in [0.15, 0.2) is 47.5 Å². The second-order valence-electron chi connectivity index (χ2n) is 9.68. The van der Waals surface area contributed by atoms with Crippen LogP contribution in [-0.4, -0.2) is 68.2 Å². The molecule has 0 radical (unpaired) electrons. The minimum atomic E-state index is -4.85. The number of nitrogens with zero attached hydrogens (tertiary/aromatic N) is 3. The number of aryl methyl sites for hydroxylation is 2. The zero-order valence-corrected chi connectivity index (χ0v) is 22.5. The van der Waals surface area contributed by atoms with E-state index in [0.29, 0.717) is 6.42 Å². The molecule has 2 aliphatic heterocycles. The smallest absolute Gasteiger partial charge is 0.406 e. The van der Waals surface area contributed by atoms with Crippen molar-refractivity contribution >= 4 is 33.4 Å². The molecule has 2 aromatic carbocycles. The van der Waals surface area contributed by atoms with Gasteiger partial charge < -0.3 is 15.0 Å². The van der Waals surface area contributed by atoms with Crippen molar-refractivity contribution in [2.45, 2.75) is 45.0 Å². The highest BCUT2D eigenvalue weighted by atomic mass is 32.2. The molecule has 0 aromatic heterocycles. The third kappa shape index (κ3) is 6.41. The van der Waals surface area contributed by atoms with Gasteiger partial charge in [-0.25, -0.2) is 12.7 Å². The van der Waals surface area contributed by atoms with Gasteiger partial charge in [-0.2, -0.15) is 0 Å². The number of aliphatic imine (C=N–C) groups is 1. The summed E-state index contributed by atoms with van der Waals surface area (Å²) in [6, 6.07) is 10.6. The Hall–Kier alpha value is -3.45. The summed E-state index contributed by atoms with van der Waals surface area (Å²) in [6.45, 7) is 3.50. The molecule has 0 atom stereocenters.